The maximum Gasteiger partial charge on any atom is 0.255 e. The molecule has 1 N–H and O–H groups in total. The van der Waals surface area contributed by atoms with E-state index in [2.05, 4.69) is 39.4 Å². The van der Waals surface area contributed by atoms with Crippen molar-refractivity contribution in [1.82, 2.24) is 0 Å². The molecule has 4 aromatic carbocycles. The highest BCUT2D eigenvalue weighted by atomic mass is 79.9. The highest BCUT2D eigenvalue weighted by Gasteiger charge is 2.15. The molecule has 0 saturated heterocycles. The highest BCUT2D eigenvalue weighted by molar-refractivity contribution is 9.10. The Bertz CT molecular complexity index is 1060. The minimum atomic E-state index is -0.114. The summed E-state index contributed by atoms with van der Waals surface area (Å²) in [5.41, 5.74) is 1.44. The molecule has 0 aromatic heterocycles. The van der Waals surface area contributed by atoms with E-state index in [0.717, 1.165) is 31.7 Å². The molecule has 4 aromatic rings. The van der Waals surface area contributed by atoms with E-state index in [4.69, 9.17) is 0 Å². The van der Waals surface area contributed by atoms with Crippen LogP contribution in [0.15, 0.2) is 83.3 Å². The predicted molar refractivity (Wildman–Crippen MR) is 104 cm³/mol. The average Bonchev–Trinajstić information content (AvgIpc) is 2.65. The summed E-state index contributed by atoms with van der Waals surface area (Å²) in [6.45, 7) is 0. The molecule has 2 nitrogen and oxygen atoms in total. The average molecular weight is 376 g/mol. The van der Waals surface area contributed by atoms with Crippen molar-refractivity contribution in [2.45, 2.75) is 0 Å². The van der Waals surface area contributed by atoms with Crippen molar-refractivity contribution in [3.63, 3.8) is 0 Å². The first-order valence-electron chi connectivity index (χ1n) is 7.71. The summed E-state index contributed by atoms with van der Waals surface area (Å²) in [4.78, 5) is 12.6. The van der Waals surface area contributed by atoms with Crippen LogP contribution in [0.1, 0.15) is 10.4 Å². The Hall–Kier alpha value is -2.65. The Balaban J connectivity index is 1.94. The predicted octanol–water partition coefficient (Wildman–Crippen LogP) is 6.01. The SMILES string of the molecule is O=C(Nc1c(Br)c2ccccc2c2ccccc12)c1ccccc1. The van der Waals surface area contributed by atoms with Crippen LogP contribution in [0.3, 0.4) is 0 Å². The van der Waals surface area contributed by atoms with Crippen molar-refractivity contribution in [3.8, 4) is 0 Å². The molecule has 1 amide bonds. The van der Waals surface area contributed by atoms with Gasteiger partial charge in [0.1, 0.15) is 0 Å². The smallest absolute Gasteiger partial charge is 0.255 e. The van der Waals surface area contributed by atoms with E-state index in [1.165, 1.54) is 0 Å². The molecule has 24 heavy (non-hydrogen) atoms. The number of halogens is 1. The van der Waals surface area contributed by atoms with Crippen molar-refractivity contribution >= 4 is 49.1 Å². The maximum atomic E-state index is 12.6. The Labute approximate surface area is 148 Å². The molecule has 0 fully saturated rings. The quantitative estimate of drug-likeness (QED) is 0.427. The van der Waals surface area contributed by atoms with Crippen LogP contribution in [0.25, 0.3) is 21.5 Å². The lowest BCUT2D eigenvalue weighted by Crippen LogP contribution is -2.12. The van der Waals surface area contributed by atoms with E-state index in [-0.39, 0.29) is 5.91 Å². The van der Waals surface area contributed by atoms with Crippen LogP contribution >= 0.6 is 15.9 Å². The maximum absolute atomic E-state index is 12.6. The molecular formula is C21H14BrNO. The molecule has 116 valence electrons. The van der Waals surface area contributed by atoms with Crippen molar-refractivity contribution in [2.75, 3.05) is 5.32 Å². The van der Waals surface area contributed by atoms with Crippen LogP contribution in [0.4, 0.5) is 5.69 Å². The Kier molecular flexibility index (Phi) is 3.79. The second-order valence-corrected chi connectivity index (χ2v) is 6.39. The summed E-state index contributed by atoms with van der Waals surface area (Å²) in [6.07, 6.45) is 0. The van der Waals surface area contributed by atoms with Gasteiger partial charge >= 0.3 is 0 Å². The minimum Gasteiger partial charge on any atom is -0.320 e. The second-order valence-electron chi connectivity index (χ2n) is 5.60. The number of benzene rings is 4. The van der Waals surface area contributed by atoms with Gasteiger partial charge in [-0.15, -0.1) is 0 Å². The summed E-state index contributed by atoms with van der Waals surface area (Å²) < 4.78 is 0.904. The number of rotatable bonds is 2. The van der Waals surface area contributed by atoms with Gasteiger partial charge in [0.2, 0.25) is 0 Å². The van der Waals surface area contributed by atoms with E-state index in [1.54, 1.807) is 0 Å². The monoisotopic (exact) mass is 375 g/mol. The van der Waals surface area contributed by atoms with Crippen LogP contribution in [-0.4, -0.2) is 5.91 Å². The summed E-state index contributed by atoms with van der Waals surface area (Å²) >= 11 is 3.69. The Morgan fingerprint density at radius 1 is 0.667 bits per heavy atom. The van der Waals surface area contributed by atoms with E-state index in [9.17, 15) is 4.79 Å². The van der Waals surface area contributed by atoms with Gasteiger partial charge in [-0.2, -0.15) is 0 Å². The molecule has 0 radical (unpaired) electrons. The second kappa shape index (κ2) is 6.10. The summed E-state index contributed by atoms with van der Waals surface area (Å²) in [7, 11) is 0. The zero-order chi connectivity index (χ0) is 16.5. The van der Waals surface area contributed by atoms with Crippen LogP contribution in [0, 0.1) is 0 Å². The van der Waals surface area contributed by atoms with Crippen LogP contribution in [0.5, 0.6) is 0 Å². The Morgan fingerprint density at radius 3 is 1.83 bits per heavy atom. The third kappa shape index (κ3) is 2.47. The standard InChI is InChI=1S/C21H14BrNO/c22-19-17-12-6-4-10-15(17)16-11-5-7-13-18(16)20(19)23-21(24)14-8-2-1-3-9-14/h1-13H,(H,23,24). The van der Waals surface area contributed by atoms with E-state index < -0.39 is 0 Å². The van der Waals surface area contributed by atoms with Gasteiger partial charge in [-0.05, 0) is 44.2 Å². The minimum absolute atomic E-state index is 0.114. The largest absolute Gasteiger partial charge is 0.320 e. The number of anilines is 1. The van der Waals surface area contributed by atoms with Gasteiger partial charge in [0.25, 0.3) is 5.91 Å². The van der Waals surface area contributed by atoms with Crippen molar-refractivity contribution < 1.29 is 4.79 Å². The summed E-state index contributed by atoms with van der Waals surface area (Å²) in [5.74, 6) is -0.114. The number of hydrogen-bond acceptors (Lipinski definition) is 1. The molecule has 0 spiro atoms. The molecular weight excluding hydrogens is 362 g/mol. The number of fused-ring (bicyclic) bond motifs is 3. The highest BCUT2D eigenvalue weighted by Crippen LogP contribution is 2.39. The number of hydrogen-bond donors (Lipinski definition) is 1. The molecule has 0 saturated carbocycles. The van der Waals surface area contributed by atoms with Gasteiger partial charge in [-0.3, -0.25) is 4.79 Å². The lowest BCUT2D eigenvalue weighted by Gasteiger charge is -2.15. The molecule has 3 heteroatoms. The van der Waals surface area contributed by atoms with E-state index >= 15 is 0 Å². The first-order chi connectivity index (χ1) is 11.8. The molecule has 0 aliphatic carbocycles. The molecule has 0 bridgehead atoms. The molecule has 4 rings (SSSR count). The normalized spacial score (nSPS) is 10.9. The van der Waals surface area contributed by atoms with Crippen molar-refractivity contribution in [2.24, 2.45) is 0 Å². The molecule has 0 unspecified atom stereocenters. The fourth-order valence-electron chi connectivity index (χ4n) is 3.00. The fourth-order valence-corrected chi connectivity index (χ4v) is 3.65. The summed E-state index contributed by atoms with van der Waals surface area (Å²) in [5, 5.41) is 7.47. The molecule has 0 heterocycles. The topological polar surface area (TPSA) is 29.1 Å². The molecule has 0 atom stereocenters. The first kappa shape index (κ1) is 14.9. The zero-order valence-corrected chi connectivity index (χ0v) is 14.4. The molecule has 0 aliphatic rings. The Morgan fingerprint density at radius 2 is 1.17 bits per heavy atom. The third-order valence-electron chi connectivity index (χ3n) is 4.14. The van der Waals surface area contributed by atoms with Gasteiger partial charge in [0, 0.05) is 15.4 Å². The number of carbonyl (C=O) groups is 1. The van der Waals surface area contributed by atoms with Crippen molar-refractivity contribution in [1.29, 1.82) is 0 Å². The van der Waals surface area contributed by atoms with Gasteiger partial charge in [0.15, 0.2) is 0 Å². The summed E-state index contributed by atoms with van der Waals surface area (Å²) in [6, 6.07) is 25.6. The molecule has 0 aliphatic heterocycles. The van der Waals surface area contributed by atoms with E-state index in [1.807, 2.05) is 60.7 Å². The van der Waals surface area contributed by atoms with Crippen LogP contribution in [0.2, 0.25) is 0 Å². The van der Waals surface area contributed by atoms with Crippen LogP contribution in [-0.2, 0) is 0 Å². The number of carbonyl (C=O) groups excluding carboxylic acids is 1. The van der Waals surface area contributed by atoms with Gasteiger partial charge in [0.05, 0.1) is 5.69 Å². The number of amides is 1. The van der Waals surface area contributed by atoms with Gasteiger partial charge < -0.3 is 5.32 Å². The van der Waals surface area contributed by atoms with E-state index in [0.29, 0.717) is 5.56 Å². The van der Waals surface area contributed by atoms with Crippen molar-refractivity contribution in [3.05, 3.63) is 88.9 Å². The zero-order valence-electron chi connectivity index (χ0n) is 12.8. The van der Waals surface area contributed by atoms with Crippen LogP contribution < -0.4 is 5.32 Å². The van der Waals surface area contributed by atoms with Gasteiger partial charge in [-0.1, -0.05) is 66.7 Å². The fraction of sp³-hybridized carbons (Fsp3) is 0. The third-order valence-corrected chi connectivity index (χ3v) is 4.97. The first-order valence-corrected chi connectivity index (χ1v) is 8.50. The van der Waals surface area contributed by atoms with Gasteiger partial charge in [-0.25, -0.2) is 0 Å². The lowest BCUT2D eigenvalue weighted by molar-refractivity contribution is 0.102. The lowest BCUT2D eigenvalue weighted by atomic mass is 10.00. The number of nitrogens with one attached hydrogen (secondary N) is 1.